The zero-order valence-corrected chi connectivity index (χ0v) is 15.1. The van der Waals surface area contributed by atoms with E-state index >= 15 is 0 Å². The molecule has 0 spiro atoms. The van der Waals surface area contributed by atoms with E-state index in [4.69, 9.17) is 0 Å². The molecule has 2 aromatic heterocycles. The molecular weight excluding hydrogens is 412 g/mol. The molecule has 2 aromatic carbocycles. The molecule has 12 heteroatoms. The van der Waals surface area contributed by atoms with Gasteiger partial charge < -0.3 is 5.32 Å². The second kappa shape index (κ2) is 7.20. The van der Waals surface area contributed by atoms with Crippen LogP contribution in [0.5, 0.6) is 0 Å². The number of nitrogens with zero attached hydrogens (tertiary/aromatic N) is 5. The van der Waals surface area contributed by atoms with Crippen LogP contribution in [0.3, 0.4) is 0 Å². The number of tetrazole rings is 1. The molecule has 0 aliphatic heterocycles. The van der Waals surface area contributed by atoms with E-state index in [0.29, 0.717) is 10.2 Å². The highest BCUT2D eigenvalue weighted by atomic mass is 32.1. The Morgan fingerprint density at radius 1 is 1.17 bits per heavy atom. The molecule has 148 valence electrons. The van der Waals surface area contributed by atoms with Gasteiger partial charge in [0.15, 0.2) is 5.13 Å². The number of halogens is 4. The lowest BCUT2D eigenvalue weighted by Crippen LogP contribution is -2.20. The topological polar surface area (TPSA) is 85.6 Å². The van der Waals surface area contributed by atoms with Crippen molar-refractivity contribution in [2.75, 3.05) is 5.32 Å². The van der Waals surface area contributed by atoms with E-state index in [0.717, 1.165) is 28.3 Å². The zero-order chi connectivity index (χ0) is 20.6. The number of nitrogens with one attached hydrogen (secondary N) is 1. The monoisotopic (exact) mass is 422 g/mol. The Morgan fingerprint density at radius 3 is 2.79 bits per heavy atom. The van der Waals surface area contributed by atoms with Crippen molar-refractivity contribution in [2.45, 2.75) is 12.7 Å². The fourth-order valence-electron chi connectivity index (χ4n) is 2.50. The Kier molecular flexibility index (Phi) is 4.70. The van der Waals surface area contributed by atoms with E-state index in [9.17, 15) is 22.4 Å². The number of aromatic nitrogens is 5. The van der Waals surface area contributed by atoms with Crippen LogP contribution in [0.15, 0.2) is 42.5 Å². The summed E-state index contributed by atoms with van der Waals surface area (Å²) in [5.74, 6) is -0.968. The summed E-state index contributed by atoms with van der Waals surface area (Å²) in [6, 6.07) is 8.56. The third-order valence-electron chi connectivity index (χ3n) is 3.78. The molecule has 0 atom stereocenters. The van der Waals surface area contributed by atoms with Gasteiger partial charge in [-0.05, 0) is 35.5 Å². The Balaban J connectivity index is 1.46. The second-order valence-corrected chi connectivity index (χ2v) is 6.93. The van der Waals surface area contributed by atoms with E-state index in [1.54, 1.807) is 0 Å². The highest BCUT2D eigenvalue weighted by Crippen LogP contribution is 2.31. The Morgan fingerprint density at radius 2 is 2.00 bits per heavy atom. The van der Waals surface area contributed by atoms with Crippen molar-refractivity contribution in [3.05, 3.63) is 53.8 Å². The number of anilines is 1. The average Bonchev–Trinajstić information content (AvgIpc) is 3.27. The van der Waals surface area contributed by atoms with Crippen molar-refractivity contribution in [2.24, 2.45) is 0 Å². The summed E-state index contributed by atoms with van der Waals surface area (Å²) >= 11 is 1.10. The van der Waals surface area contributed by atoms with E-state index < -0.39 is 23.5 Å². The van der Waals surface area contributed by atoms with Crippen molar-refractivity contribution in [1.82, 2.24) is 25.2 Å². The minimum absolute atomic E-state index is 0.0423. The maximum absolute atomic E-state index is 13.2. The summed E-state index contributed by atoms with van der Waals surface area (Å²) in [7, 11) is 0. The molecule has 0 bridgehead atoms. The number of rotatable bonds is 4. The van der Waals surface area contributed by atoms with Gasteiger partial charge in [-0.2, -0.15) is 18.0 Å². The van der Waals surface area contributed by atoms with Gasteiger partial charge in [0.2, 0.25) is 11.7 Å². The molecule has 7 nitrogen and oxygen atoms in total. The number of carbonyl (C=O) groups excluding carboxylic acids is 1. The molecule has 0 saturated carbocycles. The minimum Gasteiger partial charge on any atom is -0.300 e. The van der Waals surface area contributed by atoms with Crippen LogP contribution in [0, 0.1) is 5.82 Å². The van der Waals surface area contributed by atoms with Crippen LogP contribution in [0.1, 0.15) is 5.56 Å². The number of amides is 1. The Bertz CT molecular complexity index is 1200. The van der Waals surface area contributed by atoms with Gasteiger partial charge in [0, 0.05) is 5.56 Å². The van der Waals surface area contributed by atoms with Gasteiger partial charge in [-0.25, -0.2) is 9.37 Å². The van der Waals surface area contributed by atoms with Crippen LogP contribution in [0.2, 0.25) is 0 Å². The molecule has 4 rings (SSSR count). The first-order valence-electron chi connectivity index (χ1n) is 8.09. The number of hydrogen-bond acceptors (Lipinski definition) is 6. The van der Waals surface area contributed by atoms with Crippen LogP contribution in [-0.2, 0) is 17.5 Å². The molecule has 0 saturated heterocycles. The number of benzene rings is 2. The summed E-state index contributed by atoms with van der Waals surface area (Å²) in [6.45, 7) is -0.323. The summed E-state index contributed by atoms with van der Waals surface area (Å²) in [5.41, 5.74) is -0.173. The van der Waals surface area contributed by atoms with Crippen molar-refractivity contribution in [1.29, 1.82) is 0 Å². The standard InChI is InChI=1S/C17H10F4N6OS/c18-11-4-5-12-13(7-11)29-16(22-12)23-14(28)8-27-25-15(24-26-27)9-2-1-3-10(6-9)17(19,20)21/h1-7H,8H2,(H,22,23,28). The van der Waals surface area contributed by atoms with Crippen LogP contribution in [-0.4, -0.2) is 31.1 Å². The molecule has 1 amide bonds. The highest BCUT2D eigenvalue weighted by Gasteiger charge is 2.30. The number of alkyl halides is 3. The Hall–Kier alpha value is -3.41. The maximum atomic E-state index is 13.2. The predicted molar refractivity (Wildman–Crippen MR) is 96.5 cm³/mol. The molecular formula is C17H10F4N6OS. The molecule has 4 aromatic rings. The van der Waals surface area contributed by atoms with E-state index in [1.807, 2.05) is 0 Å². The number of carbonyl (C=O) groups is 1. The van der Waals surface area contributed by atoms with Gasteiger partial charge in [-0.3, -0.25) is 4.79 Å². The Labute approximate surface area is 164 Å². The first-order chi connectivity index (χ1) is 13.8. The summed E-state index contributed by atoms with van der Waals surface area (Å²) in [6.07, 6.45) is -4.49. The second-order valence-electron chi connectivity index (χ2n) is 5.90. The van der Waals surface area contributed by atoms with Crippen LogP contribution in [0.4, 0.5) is 22.7 Å². The van der Waals surface area contributed by atoms with Gasteiger partial charge in [0.05, 0.1) is 15.8 Å². The van der Waals surface area contributed by atoms with E-state index in [1.165, 1.54) is 30.3 Å². The quantitative estimate of drug-likeness (QED) is 0.507. The summed E-state index contributed by atoms with van der Waals surface area (Å²) in [5, 5.41) is 14.1. The lowest BCUT2D eigenvalue weighted by Gasteiger charge is -2.06. The van der Waals surface area contributed by atoms with Crippen LogP contribution < -0.4 is 5.32 Å². The maximum Gasteiger partial charge on any atom is 0.416 e. The minimum atomic E-state index is -4.49. The highest BCUT2D eigenvalue weighted by molar-refractivity contribution is 7.22. The smallest absolute Gasteiger partial charge is 0.300 e. The van der Waals surface area contributed by atoms with Gasteiger partial charge >= 0.3 is 6.18 Å². The molecule has 2 heterocycles. The summed E-state index contributed by atoms with van der Waals surface area (Å²) < 4.78 is 52.3. The third kappa shape index (κ3) is 4.21. The molecule has 0 aliphatic carbocycles. The zero-order valence-electron chi connectivity index (χ0n) is 14.3. The fraction of sp³-hybridized carbons (Fsp3) is 0.118. The first kappa shape index (κ1) is 18.9. The van der Waals surface area contributed by atoms with E-state index in [-0.39, 0.29) is 23.1 Å². The molecule has 0 aliphatic rings. The van der Waals surface area contributed by atoms with Crippen molar-refractivity contribution in [3.63, 3.8) is 0 Å². The SMILES string of the molecule is O=C(Cn1nnc(-c2cccc(C(F)(F)F)c2)n1)Nc1nc2ccc(F)cc2s1. The molecule has 29 heavy (non-hydrogen) atoms. The van der Waals surface area contributed by atoms with Crippen molar-refractivity contribution >= 4 is 32.6 Å². The van der Waals surface area contributed by atoms with Crippen molar-refractivity contribution in [3.8, 4) is 11.4 Å². The first-order valence-corrected chi connectivity index (χ1v) is 8.91. The average molecular weight is 422 g/mol. The van der Waals surface area contributed by atoms with Gasteiger partial charge in [0.1, 0.15) is 12.4 Å². The number of hydrogen-bond donors (Lipinski definition) is 1. The molecule has 0 radical (unpaired) electrons. The fourth-order valence-corrected chi connectivity index (χ4v) is 3.41. The summed E-state index contributed by atoms with van der Waals surface area (Å²) in [4.78, 5) is 17.3. The number of thiazole rings is 1. The van der Waals surface area contributed by atoms with Crippen molar-refractivity contribution < 1.29 is 22.4 Å². The van der Waals surface area contributed by atoms with Crippen LogP contribution in [0.25, 0.3) is 21.6 Å². The molecule has 0 unspecified atom stereocenters. The lowest BCUT2D eigenvalue weighted by atomic mass is 10.1. The predicted octanol–water partition coefficient (Wildman–Crippen LogP) is 3.75. The largest absolute Gasteiger partial charge is 0.416 e. The normalized spacial score (nSPS) is 11.7. The number of fused-ring (bicyclic) bond motifs is 1. The van der Waals surface area contributed by atoms with E-state index in [2.05, 4.69) is 25.7 Å². The molecule has 1 N–H and O–H groups in total. The van der Waals surface area contributed by atoms with Crippen LogP contribution >= 0.6 is 11.3 Å². The van der Waals surface area contributed by atoms with Gasteiger partial charge in [0.25, 0.3) is 0 Å². The third-order valence-corrected chi connectivity index (χ3v) is 4.72. The van der Waals surface area contributed by atoms with Gasteiger partial charge in [-0.1, -0.05) is 23.5 Å². The van der Waals surface area contributed by atoms with Gasteiger partial charge in [-0.15, -0.1) is 10.2 Å². The molecule has 0 fully saturated rings. The lowest BCUT2D eigenvalue weighted by molar-refractivity contribution is -0.137.